The van der Waals surface area contributed by atoms with Crippen molar-refractivity contribution in [3.05, 3.63) is 0 Å². The van der Waals surface area contributed by atoms with Gasteiger partial charge < -0.3 is 9.33 Å². The highest BCUT2D eigenvalue weighted by molar-refractivity contribution is 6.71. The molecule has 0 bridgehead atoms. The topological polar surface area (TPSA) is 53.9 Å². The van der Waals surface area contributed by atoms with Crippen LogP contribution >= 0.6 is 0 Å². The molecule has 0 atom stereocenters. The van der Waals surface area contributed by atoms with Crippen LogP contribution in [0.5, 0.6) is 0 Å². The third kappa shape index (κ3) is 3.02. The summed E-state index contributed by atoms with van der Waals surface area (Å²) in [7, 11) is -1.67. The Hall–Kier alpha value is -1.04. The van der Waals surface area contributed by atoms with Crippen molar-refractivity contribution in [1.82, 2.24) is 10.2 Å². The number of hydrogen-bond donors (Lipinski definition) is 1. The molecule has 0 saturated heterocycles. The van der Waals surface area contributed by atoms with Crippen molar-refractivity contribution >= 4 is 20.4 Å². The van der Waals surface area contributed by atoms with Crippen molar-refractivity contribution in [3.63, 3.8) is 0 Å². The zero-order chi connectivity index (χ0) is 10.8. The maximum Gasteiger partial charge on any atom is 0.326 e. The Morgan fingerprint density at radius 2 is 2.21 bits per heavy atom. The first-order chi connectivity index (χ1) is 6.42. The van der Waals surface area contributed by atoms with Crippen LogP contribution in [0, 0.1) is 0 Å². The Labute approximate surface area is 85.3 Å². The largest absolute Gasteiger partial charge is 0.519 e. The van der Waals surface area contributed by atoms with Crippen molar-refractivity contribution in [2.75, 3.05) is 13.2 Å². The molecule has 0 saturated carbocycles. The second kappa shape index (κ2) is 3.99. The summed E-state index contributed by atoms with van der Waals surface area (Å²) in [5.74, 6) is 0. The molecule has 0 aromatic carbocycles. The fourth-order valence-corrected chi connectivity index (χ4v) is 1.71. The van der Waals surface area contributed by atoms with Crippen molar-refractivity contribution in [2.24, 2.45) is 4.99 Å². The number of hydrogen-bond acceptors (Lipinski definition) is 3. The van der Waals surface area contributed by atoms with Gasteiger partial charge in [-0.2, -0.15) is 0 Å². The Balaban J connectivity index is 2.59. The zero-order valence-electron chi connectivity index (χ0n) is 9.13. The van der Waals surface area contributed by atoms with Gasteiger partial charge in [-0.15, -0.1) is 0 Å². The SMILES string of the molecule is CCN1CN=C(O[Si](C)(C)C)NC1=O. The van der Waals surface area contributed by atoms with Gasteiger partial charge in [-0.05, 0) is 26.6 Å². The minimum Gasteiger partial charge on any atom is -0.519 e. The van der Waals surface area contributed by atoms with Crippen LogP contribution in [0.4, 0.5) is 4.79 Å². The lowest BCUT2D eigenvalue weighted by Gasteiger charge is -2.28. The third-order valence-corrected chi connectivity index (χ3v) is 2.48. The van der Waals surface area contributed by atoms with E-state index in [0.29, 0.717) is 19.2 Å². The summed E-state index contributed by atoms with van der Waals surface area (Å²) in [5.41, 5.74) is 0. The molecule has 14 heavy (non-hydrogen) atoms. The van der Waals surface area contributed by atoms with Gasteiger partial charge in [0.2, 0.25) is 8.32 Å². The quantitative estimate of drug-likeness (QED) is 0.704. The standard InChI is InChI=1S/C8H17N3O2Si/c1-5-11-6-9-7(10-8(11)12)13-14(2,3)4/h5-6H2,1-4H3,(H,9,10,12). The van der Waals surface area contributed by atoms with E-state index < -0.39 is 8.32 Å². The summed E-state index contributed by atoms with van der Waals surface area (Å²) >= 11 is 0. The number of carbonyl (C=O) groups is 1. The molecule has 0 aliphatic carbocycles. The Morgan fingerprint density at radius 3 is 2.64 bits per heavy atom. The first kappa shape index (κ1) is 11.0. The molecule has 1 aliphatic rings. The van der Waals surface area contributed by atoms with Gasteiger partial charge in [-0.1, -0.05) is 0 Å². The van der Waals surface area contributed by atoms with Crippen molar-refractivity contribution in [1.29, 1.82) is 0 Å². The van der Waals surface area contributed by atoms with Gasteiger partial charge >= 0.3 is 6.03 Å². The van der Waals surface area contributed by atoms with Crippen LogP contribution in [0.25, 0.3) is 0 Å². The lowest BCUT2D eigenvalue weighted by atomic mass is 10.6. The number of amides is 2. The normalized spacial score (nSPS) is 17.6. The second-order valence-corrected chi connectivity index (χ2v) is 8.53. The Bertz CT molecular complexity index is 260. The summed E-state index contributed by atoms with van der Waals surface area (Å²) in [6.07, 6.45) is 0. The van der Waals surface area contributed by atoms with Gasteiger partial charge in [0.25, 0.3) is 6.02 Å². The molecule has 1 heterocycles. The van der Waals surface area contributed by atoms with E-state index in [1.807, 2.05) is 26.6 Å². The third-order valence-electron chi connectivity index (χ3n) is 1.67. The number of nitrogens with zero attached hydrogens (tertiary/aromatic N) is 2. The zero-order valence-corrected chi connectivity index (χ0v) is 10.1. The average molecular weight is 215 g/mol. The maximum absolute atomic E-state index is 11.4. The van der Waals surface area contributed by atoms with E-state index in [1.165, 1.54) is 0 Å². The molecule has 0 unspecified atom stereocenters. The molecule has 80 valence electrons. The molecule has 1 N–H and O–H groups in total. The van der Waals surface area contributed by atoms with Crippen molar-refractivity contribution in [3.8, 4) is 0 Å². The van der Waals surface area contributed by atoms with Crippen molar-refractivity contribution in [2.45, 2.75) is 26.6 Å². The van der Waals surface area contributed by atoms with Crippen LogP contribution in [0.3, 0.4) is 0 Å². The highest BCUT2D eigenvalue weighted by atomic mass is 28.4. The van der Waals surface area contributed by atoms with Crippen LogP contribution in [-0.2, 0) is 4.43 Å². The van der Waals surface area contributed by atoms with E-state index in [-0.39, 0.29) is 6.03 Å². The van der Waals surface area contributed by atoms with E-state index in [2.05, 4.69) is 10.3 Å². The minimum absolute atomic E-state index is 0.129. The summed E-state index contributed by atoms with van der Waals surface area (Å²) in [6.45, 7) is 9.12. The average Bonchev–Trinajstić information content (AvgIpc) is 2.01. The number of carbonyl (C=O) groups excluding carboxylic acids is 1. The highest BCUT2D eigenvalue weighted by Gasteiger charge is 2.24. The maximum atomic E-state index is 11.4. The fraction of sp³-hybridized carbons (Fsp3) is 0.750. The molecule has 2 amide bonds. The Morgan fingerprint density at radius 1 is 1.57 bits per heavy atom. The number of nitrogens with one attached hydrogen (secondary N) is 1. The lowest BCUT2D eigenvalue weighted by Crippen LogP contribution is -2.50. The predicted molar refractivity (Wildman–Crippen MR) is 57.6 cm³/mol. The summed E-state index contributed by atoms with van der Waals surface area (Å²) in [6, 6.07) is 0.245. The van der Waals surface area contributed by atoms with Gasteiger partial charge in [0.1, 0.15) is 6.67 Å². The van der Waals surface area contributed by atoms with E-state index in [4.69, 9.17) is 4.43 Å². The fourth-order valence-electron chi connectivity index (χ4n) is 1.02. The molecule has 6 heteroatoms. The van der Waals surface area contributed by atoms with Crippen LogP contribution < -0.4 is 5.32 Å². The number of urea groups is 1. The molecule has 0 fully saturated rings. The van der Waals surface area contributed by atoms with Gasteiger partial charge in [-0.25, -0.2) is 9.79 Å². The predicted octanol–water partition coefficient (Wildman–Crippen LogP) is 1.20. The van der Waals surface area contributed by atoms with Crippen LogP contribution in [0.15, 0.2) is 4.99 Å². The molecule has 0 spiro atoms. The molecular formula is C8H17N3O2Si. The molecule has 0 aromatic heterocycles. The van der Waals surface area contributed by atoms with E-state index >= 15 is 0 Å². The van der Waals surface area contributed by atoms with Crippen molar-refractivity contribution < 1.29 is 9.22 Å². The van der Waals surface area contributed by atoms with Gasteiger partial charge in [-0.3, -0.25) is 5.32 Å². The molecule has 0 aromatic rings. The van der Waals surface area contributed by atoms with E-state index in [1.54, 1.807) is 4.90 Å². The summed E-state index contributed by atoms with van der Waals surface area (Å²) in [4.78, 5) is 17.1. The second-order valence-electron chi connectivity index (χ2n) is 4.11. The minimum atomic E-state index is -1.67. The van der Waals surface area contributed by atoms with E-state index in [9.17, 15) is 4.79 Å². The van der Waals surface area contributed by atoms with Crippen LogP contribution in [0.1, 0.15) is 6.92 Å². The first-order valence-corrected chi connectivity index (χ1v) is 8.12. The van der Waals surface area contributed by atoms with Gasteiger partial charge in [0, 0.05) is 6.54 Å². The van der Waals surface area contributed by atoms with Gasteiger partial charge in [0.05, 0.1) is 0 Å². The number of amidine groups is 1. The molecule has 1 aliphatic heterocycles. The monoisotopic (exact) mass is 215 g/mol. The molecule has 0 radical (unpaired) electrons. The summed E-state index contributed by atoms with van der Waals surface area (Å²) < 4.78 is 5.57. The Kier molecular flexibility index (Phi) is 3.15. The lowest BCUT2D eigenvalue weighted by molar-refractivity contribution is 0.201. The molecule has 5 nitrogen and oxygen atoms in total. The number of aliphatic imine (C=N–C) groups is 1. The van der Waals surface area contributed by atoms with E-state index in [0.717, 1.165) is 0 Å². The highest BCUT2D eigenvalue weighted by Crippen LogP contribution is 2.05. The summed E-state index contributed by atoms with van der Waals surface area (Å²) in [5, 5.41) is 2.62. The molecular weight excluding hydrogens is 198 g/mol. The number of rotatable bonds is 2. The smallest absolute Gasteiger partial charge is 0.326 e. The molecule has 1 rings (SSSR count). The van der Waals surface area contributed by atoms with Crippen LogP contribution in [0.2, 0.25) is 19.6 Å². The first-order valence-electron chi connectivity index (χ1n) is 4.72. The van der Waals surface area contributed by atoms with Crippen LogP contribution in [-0.4, -0.2) is 38.5 Å². The van der Waals surface area contributed by atoms with Gasteiger partial charge in [0.15, 0.2) is 0 Å².